The topological polar surface area (TPSA) is 41.6 Å². The average Bonchev–Trinajstić information content (AvgIpc) is 2.84. The Labute approximate surface area is 138 Å². The van der Waals surface area contributed by atoms with Crippen LogP contribution in [0, 0.1) is 5.41 Å². The van der Waals surface area contributed by atoms with E-state index >= 15 is 0 Å². The number of carbonyl (C=O) groups is 1. The number of nitrogens with one attached hydrogen (secondary N) is 1. The summed E-state index contributed by atoms with van der Waals surface area (Å²) in [6.07, 6.45) is 7.04. The van der Waals surface area contributed by atoms with Gasteiger partial charge in [0.1, 0.15) is 6.10 Å². The van der Waals surface area contributed by atoms with Crippen LogP contribution in [0.3, 0.4) is 0 Å². The van der Waals surface area contributed by atoms with E-state index in [2.05, 4.69) is 41.5 Å². The molecule has 2 saturated heterocycles. The summed E-state index contributed by atoms with van der Waals surface area (Å²) in [7, 11) is 2.08. The van der Waals surface area contributed by atoms with E-state index in [0.717, 1.165) is 45.4 Å². The van der Waals surface area contributed by atoms with Gasteiger partial charge in [-0.05, 0) is 38.5 Å². The molecule has 23 heavy (non-hydrogen) atoms. The van der Waals surface area contributed by atoms with Crippen LogP contribution in [-0.4, -0.2) is 50.2 Å². The van der Waals surface area contributed by atoms with E-state index in [9.17, 15) is 4.79 Å². The minimum absolute atomic E-state index is 0.0252. The molecule has 4 nitrogen and oxygen atoms in total. The lowest BCUT2D eigenvalue weighted by Gasteiger charge is -2.29. The van der Waals surface area contributed by atoms with E-state index in [1.165, 1.54) is 5.56 Å². The molecule has 0 amide bonds. The second kappa shape index (κ2) is 7.28. The van der Waals surface area contributed by atoms with Crippen molar-refractivity contribution in [3.63, 3.8) is 0 Å². The first-order chi connectivity index (χ1) is 11.2. The number of hydrogen-bond donors (Lipinski definition) is 1. The van der Waals surface area contributed by atoms with Crippen molar-refractivity contribution in [2.24, 2.45) is 5.41 Å². The van der Waals surface area contributed by atoms with Crippen LogP contribution in [0.2, 0.25) is 0 Å². The van der Waals surface area contributed by atoms with Crippen molar-refractivity contribution in [1.82, 2.24) is 10.2 Å². The molecule has 2 fully saturated rings. The highest BCUT2D eigenvalue weighted by Crippen LogP contribution is 2.41. The number of nitrogens with zero attached hydrogens (tertiary/aromatic N) is 1. The number of likely N-dealkylation sites (N-methyl/N-ethyl adjacent to an activating group) is 1. The van der Waals surface area contributed by atoms with Crippen LogP contribution in [0.25, 0.3) is 6.08 Å². The first kappa shape index (κ1) is 16.2. The molecule has 1 spiro atoms. The van der Waals surface area contributed by atoms with Gasteiger partial charge in [0.25, 0.3) is 0 Å². The Bertz CT molecular complexity index is 550. The predicted octanol–water partition coefficient (Wildman–Crippen LogP) is 2.32. The molecule has 2 aliphatic rings. The fourth-order valence-corrected chi connectivity index (χ4v) is 3.61. The van der Waals surface area contributed by atoms with E-state index in [1.54, 1.807) is 0 Å². The first-order valence-electron chi connectivity index (χ1n) is 8.50. The van der Waals surface area contributed by atoms with Crippen LogP contribution in [0.4, 0.5) is 0 Å². The third-order valence-electron chi connectivity index (χ3n) is 4.93. The van der Waals surface area contributed by atoms with Gasteiger partial charge in [-0.3, -0.25) is 9.69 Å². The summed E-state index contributed by atoms with van der Waals surface area (Å²) in [6, 6.07) is 10.3. The van der Waals surface area contributed by atoms with E-state index in [-0.39, 0.29) is 17.5 Å². The van der Waals surface area contributed by atoms with E-state index in [4.69, 9.17) is 4.74 Å². The maximum atomic E-state index is 12.3. The number of esters is 1. The summed E-state index contributed by atoms with van der Waals surface area (Å²) < 4.78 is 5.66. The Morgan fingerprint density at radius 2 is 2.04 bits per heavy atom. The Morgan fingerprint density at radius 1 is 1.30 bits per heavy atom. The zero-order valence-corrected chi connectivity index (χ0v) is 13.8. The second-order valence-corrected chi connectivity index (χ2v) is 6.80. The molecule has 0 radical (unpaired) electrons. The molecule has 0 saturated carbocycles. The lowest BCUT2D eigenvalue weighted by molar-refractivity contribution is -0.150. The normalized spacial score (nSPS) is 23.7. The summed E-state index contributed by atoms with van der Waals surface area (Å²) in [6.45, 7) is 3.52. The van der Waals surface area contributed by atoms with E-state index in [0.29, 0.717) is 0 Å². The fraction of sp³-hybridized carbons (Fsp3) is 0.526. The van der Waals surface area contributed by atoms with Gasteiger partial charge >= 0.3 is 5.97 Å². The zero-order chi connectivity index (χ0) is 16.1. The molecular weight excluding hydrogens is 288 g/mol. The molecule has 2 aliphatic heterocycles. The minimum atomic E-state index is -0.212. The Hall–Kier alpha value is -1.65. The highest BCUT2D eigenvalue weighted by molar-refractivity contribution is 5.79. The molecule has 0 aromatic heterocycles. The third kappa shape index (κ3) is 4.01. The van der Waals surface area contributed by atoms with Gasteiger partial charge in [-0.2, -0.15) is 0 Å². The van der Waals surface area contributed by atoms with Crippen LogP contribution < -0.4 is 5.32 Å². The summed E-state index contributed by atoms with van der Waals surface area (Å²) >= 11 is 0. The summed E-state index contributed by atoms with van der Waals surface area (Å²) in [4.78, 5) is 14.5. The molecule has 1 aromatic carbocycles. The molecule has 1 aromatic rings. The van der Waals surface area contributed by atoms with Crippen LogP contribution in [0.5, 0.6) is 0 Å². The van der Waals surface area contributed by atoms with Gasteiger partial charge in [-0.1, -0.05) is 42.5 Å². The molecule has 0 bridgehead atoms. The van der Waals surface area contributed by atoms with Crippen LogP contribution in [0.15, 0.2) is 36.4 Å². The van der Waals surface area contributed by atoms with Gasteiger partial charge in [0, 0.05) is 19.5 Å². The van der Waals surface area contributed by atoms with Gasteiger partial charge in [0.05, 0.1) is 5.41 Å². The van der Waals surface area contributed by atoms with Crippen molar-refractivity contribution in [2.45, 2.75) is 25.4 Å². The molecular formula is C19H26N2O2. The number of carbonyl (C=O) groups excluding carboxylic acids is 1. The molecule has 4 heteroatoms. The summed E-state index contributed by atoms with van der Waals surface area (Å²) in [5.41, 5.74) is 0.998. The number of rotatable bonds is 5. The SMILES string of the molecule is CN(C/C=C/c1ccccc1)CC1CC2(CCNCC2)C(=O)O1. The van der Waals surface area contributed by atoms with E-state index < -0.39 is 0 Å². The Morgan fingerprint density at radius 3 is 2.78 bits per heavy atom. The molecule has 124 valence electrons. The number of ether oxygens (including phenoxy) is 1. The first-order valence-corrected chi connectivity index (χ1v) is 8.50. The van der Waals surface area contributed by atoms with Gasteiger partial charge in [-0.25, -0.2) is 0 Å². The minimum Gasteiger partial charge on any atom is -0.461 e. The quantitative estimate of drug-likeness (QED) is 0.847. The summed E-state index contributed by atoms with van der Waals surface area (Å²) in [5, 5.41) is 3.33. The molecule has 3 rings (SSSR count). The molecule has 1 N–H and O–H groups in total. The fourth-order valence-electron chi connectivity index (χ4n) is 3.61. The van der Waals surface area contributed by atoms with Crippen molar-refractivity contribution < 1.29 is 9.53 Å². The second-order valence-electron chi connectivity index (χ2n) is 6.80. The van der Waals surface area contributed by atoms with Crippen molar-refractivity contribution in [3.05, 3.63) is 42.0 Å². The lowest BCUT2D eigenvalue weighted by Crippen LogP contribution is -2.39. The molecule has 0 aliphatic carbocycles. The lowest BCUT2D eigenvalue weighted by atomic mass is 9.76. The van der Waals surface area contributed by atoms with Crippen LogP contribution in [0.1, 0.15) is 24.8 Å². The highest BCUT2D eigenvalue weighted by atomic mass is 16.6. The number of piperidine rings is 1. The third-order valence-corrected chi connectivity index (χ3v) is 4.93. The zero-order valence-electron chi connectivity index (χ0n) is 13.8. The van der Waals surface area contributed by atoms with Crippen molar-refractivity contribution in [2.75, 3.05) is 33.2 Å². The molecule has 1 unspecified atom stereocenters. The van der Waals surface area contributed by atoms with Crippen LogP contribution in [-0.2, 0) is 9.53 Å². The Balaban J connectivity index is 1.48. The Kier molecular flexibility index (Phi) is 5.13. The van der Waals surface area contributed by atoms with Crippen LogP contribution >= 0.6 is 0 Å². The summed E-state index contributed by atoms with van der Waals surface area (Å²) in [5.74, 6) is 0.0252. The maximum absolute atomic E-state index is 12.3. The van der Waals surface area contributed by atoms with E-state index in [1.807, 2.05) is 18.2 Å². The number of hydrogen-bond acceptors (Lipinski definition) is 4. The van der Waals surface area contributed by atoms with Gasteiger partial charge in [-0.15, -0.1) is 0 Å². The largest absolute Gasteiger partial charge is 0.461 e. The predicted molar refractivity (Wildman–Crippen MR) is 92.0 cm³/mol. The van der Waals surface area contributed by atoms with Crippen molar-refractivity contribution >= 4 is 12.0 Å². The van der Waals surface area contributed by atoms with Crippen molar-refractivity contribution in [1.29, 1.82) is 0 Å². The highest BCUT2D eigenvalue weighted by Gasteiger charge is 2.49. The average molecular weight is 314 g/mol. The molecule has 1 atom stereocenters. The van der Waals surface area contributed by atoms with Gasteiger partial charge < -0.3 is 10.1 Å². The van der Waals surface area contributed by atoms with Gasteiger partial charge in [0.15, 0.2) is 0 Å². The van der Waals surface area contributed by atoms with Gasteiger partial charge in [0.2, 0.25) is 0 Å². The standard InChI is InChI=1S/C19H26N2O2/c1-21(13-5-8-16-6-3-2-4-7-16)15-17-14-19(18(22)23-17)9-11-20-12-10-19/h2-8,17,20H,9-15H2,1H3/b8-5+. The number of benzene rings is 1. The smallest absolute Gasteiger partial charge is 0.312 e. The number of cyclic esters (lactones) is 1. The van der Waals surface area contributed by atoms with Crippen molar-refractivity contribution in [3.8, 4) is 0 Å². The molecule has 2 heterocycles. The monoisotopic (exact) mass is 314 g/mol. The maximum Gasteiger partial charge on any atom is 0.312 e.